The van der Waals surface area contributed by atoms with Crippen molar-refractivity contribution in [3.8, 4) is 0 Å². The van der Waals surface area contributed by atoms with Crippen molar-refractivity contribution in [2.45, 2.75) is 264 Å². The minimum Gasteiger partial charge on any atom is -0.462 e. The van der Waals surface area contributed by atoms with Gasteiger partial charge in [-0.1, -0.05) is 219 Å². The van der Waals surface area contributed by atoms with Gasteiger partial charge in [0.2, 0.25) is 0 Å². The van der Waals surface area contributed by atoms with E-state index in [0.717, 1.165) is 32.1 Å². The van der Waals surface area contributed by atoms with Crippen LogP contribution >= 0.6 is 7.82 Å². The molecule has 350 valence electrons. The molecule has 3 N–H and O–H groups in total. The van der Waals surface area contributed by atoms with Crippen LogP contribution in [0.3, 0.4) is 0 Å². The zero-order chi connectivity index (χ0) is 43.2. The molecule has 1 unspecified atom stereocenters. The molecule has 2 atom stereocenters. The molecular formula is C49H96NO8P. The highest BCUT2D eigenvalue weighted by Gasteiger charge is 2.26. The highest BCUT2D eigenvalue weighted by atomic mass is 31.2. The maximum Gasteiger partial charge on any atom is 0.472 e. The van der Waals surface area contributed by atoms with Crippen molar-refractivity contribution < 1.29 is 37.6 Å². The summed E-state index contributed by atoms with van der Waals surface area (Å²) in [6, 6.07) is 0. The predicted molar refractivity (Wildman–Crippen MR) is 248 cm³/mol. The lowest BCUT2D eigenvalue weighted by molar-refractivity contribution is -0.161. The number of ether oxygens (including phenoxy) is 2. The average Bonchev–Trinajstić information content (AvgIpc) is 3.22. The van der Waals surface area contributed by atoms with Crippen molar-refractivity contribution in [2.24, 2.45) is 5.73 Å². The van der Waals surface area contributed by atoms with Crippen molar-refractivity contribution in [1.82, 2.24) is 0 Å². The van der Waals surface area contributed by atoms with Gasteiger partial charge in [0.1, 0.15) is 6.61 Å². The zero-order valence-electron chi connectivity index (χ0n) is 38.8. The van der Waals surface area contributed by atoms with E-state index in [1.165, 1.54) is 193 Å². The van der Waals surface area contributed by atoms with Crippen molar-refractivity contribution in [3.63, 3.8) is 0 Å². The second kappa shape index (κ2) is 46.3. The Labute approximate surface area is 364 Å². The van der Waals surface area contributed by atoms with Crippen LogP contribution in [-0.4, -0.2) is 49.3 Å². The zero-order valence-corrected chi connectivity index (χ0v) is 39.7. The van der Waals surface area contributed by atoms with Crippen LogP contribution in [0, 0.1) is 0 Å². The molecule has 0 heterocycles. The number of phosphoric ester groups is 1. The van der Waals surface area contributed by atoms with E-state index in [4.69, 9.17) is 24.3 Å². The number of unbranched alkanes of at least 4 members (excludes halogenated alkanes) is 33. The van der Waals surface area contributed by atoms with E-state index in [9.17, 15) is 19.0 Å². The van der Waals surface area contributed by atoms with Crippen molar-refractivity contribution in [2.75, 3.05) is 26.4 Å². The molecule has 0 aliphatic carbocycles. The van der Waals surface area contributed by atoms with E-state index in [2.05, 4.69) is 26.0 Å². The summed E-state index contributed by atoms with van der Waals surface area (Å²) in [5, 5.41) is 0. The fraction of sp³-hybridized carbons (Fsp3) is 0.918. The summed E-state index contributed by atoms with van der Waals surface area (Å²) in [4.78, 5) is 35.0. The van der Waals surface area contributed by atoms with E-state index in [1.54, 1.807) is 0 Å². The van der Waals surface area contributed by atoms with Gasteiger partial charge in [-0.05, 0) is 38.5 Å². The van der Waals surface area contributed by atoms with E-state index in [0.29, 0.717) is 6.42 Å². The van der Waals surface area contributed by atoms with Gasteiger partial charge >= 0.3 is 19.8 Å². The first-order valence-corrected chi connectivity index (χ1v) is 26.7. The third-order valence-electron chi connectivity index (χ3n) is 11.2. The Morgan fingerprint density at radius 1 is 0.492 bits per heavy atom. The lowest BCUT2D eigenvalue weighted by atomic mass is 10.0. The fourth-order valence-corrected chi connectivity index (χ4v) is 8.16. The van der Waals surface area contributed by atoms with Crippen molar-refractivity contribution >= 4 is 19.8 Å². The lowest BCUT2D eigenvalue weighted by Gasteiger charge is -2.19. The normalized spacial score (nSPS) is 13.2. The van der Waals surface area contributed by atoms with Crippen LogP contribution < -0.4 is 5.73 Å². The van der Waals surface area contributed by atoms with Gasteiger partial charge in [0.25, 0.3) is 0 Å². The smallest absolute Gasteiger partial charge is 0.462 e. The highest BCUT2D eigenvalue weighted by Crippen LogP contribution is 2.43. The number of esters is 2. The van der Waals surface area contributed by atoms with Crippen LogP contribution in [-0.2, 0) is 32.7 Å². The number of allylic oxidation sites excluding steroid dienone is 2. The lowest BCUT2D eigenvalue weighted by Crippen LogP contribution is -2.29. The molecule has 0 fully saturated rings. The van der Waals surface area contributed by atoms with Gasteiger partial charge in [-0.25, -0.2) is 4.57 Å². The van der Waals surface area contributed by atoms with E-state index in [1.807, 2.05) is 0 Å². The van der Waals surface area contributed by atoms with Crippen LogP contribution in [0.25, 0.3) is 0 Å². The van der Waals surface area contributed by atoms with Crippen LogP contribution in [0.4, 0.5) is 0 Å². The quantitative estimate of drug-likeness (QED) is 0.0265. The van der Waals surface area contributed by atoms with Gasteiger partial charge in [-0.3, -0.25) is 18.6 Å². The highest BCUT2D eigenvalue weighted by molar-refractivity contribution is 7.47. The average molecular weight is 858 g/mol. The van der Waals surface area contributed by atoms with Gasteiger partial charge in [-0.15, -0.1) is 0 Å². The molecule has 9 nitrogen and oxygen atoms in total. The maximum absolute atomic E-state index is 12.6. The van der Waals surface area contributed by atoms with Gasteiger partial charge in [0, 0.05) is 19.4 Å². The minimum absolute atomic E-state index is 0.0560. The van der Waals surface area contributed by atoms with Crippen LogP contribution in [0.1, 0.15) is 258 Å². The molecule has 0 aromatic heterocycles. The number of phosphoric acid groups is 1. The second-order valence-corrected chi connectivity index (χ2v) is 18.5. The van der Waals surface area contributed by atoms with Crippen LogP contribution in [0.2, 0.25) is 0 Å². The molecule has 0 bridgehead atoms. The standard InChI is InChI=1S/C49H96NO8P/c1-3-5-7-9-11-13-15-17-19-21-22-23-24-26-28-30-32-34-36-38-40-42-49(52)58-47(46-57-59(53,54)56-44-43-50)45-55-48(51)41-39-37-35-33-31-29-27-25-20-18-16-14-12-10-8-6-4-2/h18,20,47H,3-17,19,21-46,50H2,1-2H3,(H,53,54)/b20-18+/t47-/m1/s1. The minimum atomic E-state index is -4.38. The Bertz CT molecular complexity index is 980. The van der Waals surface area contributed by atoms with Gasteiger partial charge in [0.05, 0.1) is 13.2 Å². The van der Waals surface area contributed by atoms with Crippen molar-refractivity contribution in [1.29, 1.82) is 0 Å². The van der Waals surface area contributed by atoms with E-state index < -0.39 is 26.5 Å². The Kier molecular flexibility index (Phi) is 45.3. The monoisotopic (exact) mass is 858 g/mol. The Balaban J connectivity index is 4.02. The molecule has 10 heteroatoms. The maximum atomic E-state index is 12.6. The molecule has 0 spiro atoms. The topological polar surface area (TPSA) is 134 Å². The number of carbonyl (C=O) groups is 2. The number of carbonyl (C=O) groups excluding carboxylic acids is 2. The first kappa shape index (κ1) is 57.8. The Hall–Kier alpha value is -1.25. The molecule has 0 aliphatic rings. The molecular weight excluding hydrogens is 762 g/mol. The summed E-state index contributed by atoms with van der Waals surface area (Å²) in [6.45, 7) is 3.78. The van der Waals surface area contributed by atoms with E-state index in [-0.39, 0.29) is 38.6 Å². The van der Waals surface area contributed by atoms with Gasteiger partial charge in [-0.2, -0.15) is 0 Å². The molecule has 0 aromatic carbocycles. The van der Waals surface area contributed by atoms with Crippen LogP contribution in [0.15, 0.2) is 12.2 Å². The number of nitrogens with two attached hydrogens (primary N) is 1. The Morgan fingerprint density at radius 3 is 1.20 bits per heavy atom. The summed E-state index contributed by atoms with van der Waals surface area (Å²) < 4.78 is 32.9. The molecule has 59 heavy (non-hydrogen) atoms. The first-order valence-electron chi connectivity index (χ1n) is 25.2. The van der Waals surface area contributed by atoms with Crippen LogP contribution in [0.5, 0.6) is 0 Å². The molecule has 0 saturated carbocycles. The molecule has 0 saturated heterocycles. The molecule has 0 aliphatic heterocycles. The van der Waals surface area contributed by atoms with E-state index >= 15 is 0 Å². The molecule has 0 radical (unpaired) electrons. The third-order valence-corrected chi connectivity index (χ3v) is 12.1. The number of hydrogen-bond acceptors (Lipinski definition) is 8. The van der Waals surface area contributed by atoms with Gasteiger partial charge < -0.3 is 20.1 Å². The number of rotatable bonds is 48. The summed E-state index contributed by atoms with van der Waals surface area (Å²) >= 11 is 0. The molecule has 0 amide bonds. The first-order chi connectivity index (χ1) is 28.8. The molecule has 0 rings (SSSR count). The number of hydrogen-bond donors (Lipinski definition) is 2. The third kappa shape index (κ3) is 46.1. The summed E-state index contributed by atoms with van der Waals surface area (Å²) in [7, 11) is -4.38. The molecule has 0 aromatic rings. The SMILES string of the molecule is CCCCCCCC/C=C/CCCCCCCCCC(=O)OC[C@H](COP(=O)(O)OCCN)OC(=O)CCCCCCCCCCCCCCCCCCCCCCC. The second-order valence-electron chi connectivity index (χ2n) is 17.0. The fourth-order valence-electron chi connectivity index (χ4n) is 7.40. The Morgan fingerprint density at radius 2 is 0.831 bits per heavy atom. The van der Waals surface area contributed by atoms with Gasteiger partial charge in [0.15, 0.2) is 6.10 Å². The largest absolute Gasteiger partial charge is 0.472 e. The summed E-state index contributed by atoms with van der Waals surface area (Å²) in [5.74, 6) is -0.818. The van der Waals surface area contributed by atoms with Crippen molar-refractivity contribution in [3.05, 3.63) is 12.2 Å². The summed E-state index contributed by atoms with van der Waals surface area (Å²) in [6.07, 6.45) is 49.6. The predicted octanol–water partition coefficient (Wildman–Crippen LogP) is 15.0. The summed E-state index contributed by atoms with van der Waals surface area (Å²) in [5.41, 5.74) is 5.36.